The van der Waals surface area contributed by atoms with Crippen molar-refractivity contribution >= 4 is 0 Å². The zero-order valence-corrected chi connectivity index (χ0v) is 17.2. The number of ether oxygens (including phenoxy) is 2. The van der Waals surface area contributed by atoms with Gasteiger partial charge >= 0.3 is 0 Å². The summed E-state index contributed by atoms with van der Waals surface area (Å²) in [6.07, 6.45) is 3.51. The fraction of sp³-hybridized carbons (Fsp3) is 0.304. The molecule has 2 heterocycles. The molecule has 0 atom stereocenters. The van der Waals surface area contributed by atoms with Crippen LogP contribution in [0, 0.1) is 6.92 Å². The summed E-state index contributed by atoms with van der Waals surface area (Å²) in [6.45, 7) is 6.92. The molecule has 0 unspecified atom stereocenters. The molecule has 0 N–H and O–H groups in total. The number of benzene rings is 1. The summed E-state index contributed by atoms with van der Waals surface area (Å²) in [7, 11) is 2.06. The number of aromatic nitrogens is 2. The lowest BCUT2D eigenvalue weighted by atomic mass is 10.3. The summed E-state index contributed by atoms with van der Waals surface area (Å²) in [5.41, 5.74) is 2.54. The Balaban J connectivity index is 1.60. The zero-order valence-electron chi connectivity index (χ0n) is 17.2. The topological polar surface area (TPSA) is 56.6 Å². The number of likely N-dealkylation sites (N-methyl/N-ethyl adjacent to an activating group) is 1. The lowest BCUT2D eigenvalue weighted by Gasteiger charge is -2.14. The van der Waals surface area contributed by atoms with E-state index >= 15 is 0 Å². The Labute approximate surface area is 171 Å². The molecule has 3 aromatic rings. The van der Waals surface area contributed by atoms with Gasteiger partial charge in [0.1, 0.15) is 24.7 Å². The number of hydrogen-bond acceptors (Lipinski definition) is 5. The van der Waals surface area contributed by atoms with Crippen molar-refractivity contribution in [3.63, 3.8) is 0 Å². The molecule has 0 bridgehead atoms. The second-order valence-corrected chi connectivity index (χ2v) is 6.92. The molecule has 0 spiro atoms. The minimum absolute atomic E-state index is 0.155. The van der Waals surface area contributed by atoms with Gasteiger partial charge in [-0.2, -0.15) is 0 Å². The summed E-state index contributed by atoms with van der Waals surface area (Å²) in [6, 6.07) is 14.7. The SMILES string of the molecule is CCN(C)CCOc1ccc(-n2ccc(OCc3ccc(C)cn3)cc2=O)cc1. The largest absolute Gasteiger partial charge is 0.492 e. The van der Waals surface area contributed by atoms with Crippen LogP contribution < -0.4 is 15.0 Å². The van der Waals surface area contributed by atoms with Crippen LogP contribution in [0.25, 0.3) is 5.69 Å². The summed E-state index contributed by atoms with van der Waals surface area (Å²) < 4.78 is 13.0. The molecule has 3 rings (SSSR count). The van der Waals surface area contributed by atoms with E-state index in [4.69, 9.17) is 9.47 Å². The molecule has 6 nitrogen and oxygen atoms in total. The van der Waals surface area contributed by atoms with Gasteiger partial charge in [0.15, 0.2) is 0 Å². The number of rotatable bonds is 9. The van der Waals surface area contributed by atoms with E-state index in [1.807, 2.05) is 43.3 Å². The normalized spacial score (nSPS) is 10.9. The van der Waals surface area contributed by atoms with Crippen molar-refractivity contribution < 1.29 is 9.47 Å². The summed E-state index contributed by atoms with van der Waals surface area (Å²) in [5.74, 6) is 1.31. The quantitative estimate of drug-likeness (QED) is 0.557. The second-order valence-electron chi connectivity index (χ2n) is 6.92. The molecule has 0 amide bonds. The molecule has 0 saturated heterocycles. The van der Waals surface area contributed by atoms with Gasteiger partial charge in [0.2, 0.25) is 0 Å². The second kappa shape index (κ2) is 9.89. The highest BCUT2D eigenvalue weighted by Gasteiger charge is 2.04. The van der Waals surface area contributed by atoms with Crippen LogP contribution in [-0.4, -0.2) is 41.2 Å². The number of pyridine rings is 2. The summed E-state index contributed by atoms with van der Waals surface area (Å²) in [5, 5.41) is 0. The minimum Gasteiger partial charge on any atom is -0.492 e. The van der Waals surface area contributed by atoms with Gasteiger partial charge in [0, 0.05) is 30.7 Å². The standard InChI is InChI=1S/C23H27N3O3/c1-4-25(3)13-14-28-21-9-7-20(8-10-21)26-12-11-22(15-23(26)27)29-17-19-6-5-18(2)16-24-19/h5-12,15-16H,4,13-14,17H2,1-3H3. The maximum Gasteiger partial charge on any atom is 0.258 e. The lowest BCUT2D eigenvalue weighted by molar-refractivity contribution is 0.244. The number of nitrogens with zero attached hydrogens (tertiary/aromatic N) is 3. The Morgan fingerprint density at radius 2 is 1.83 bits per heavy atom. The predicted octanol–water partition coefficient (Wildman–Crippen LogP) is 3.45. The van der Waals surface area contributed by atoms with Gasteiger partial charge in [0.25, 0.3) is 5.56 Å². The van der Waals surface area contributed by atoms with E-state index in [0.717, 1.165) is 35.8 Å². The van der Waals surface area contributed by atoms with Crippen LogP contribution in [0.3, 0.4) is 0 Å². The van der Waals surface area contributed by atoms with Crippen LogP contribution in [0.15, 0.2) is 65.7 Å². The van der Waals surface area contributed by atoms with Crippen LogP contribution in [0.4, 0.5) is 0 Å². The summed E-state index contributed by atoms with van der Waals surface area (Å²) in [4.78, 5) is 19.0. The molecule has 2 aromatic heterocycles. The predicted molar refractivity (Wildman–Crippen MR) is 114 cm³/mol. The Hall–Kier alpha value is -3.12. The lowest BCUT2D eigenvalue weighted by Crippen LogP contribution is -2.23. The Kier molecular flexibility index (Phi) is 7.03. The van der Waals surface area contributed by atoms with Gasteiger partial charge in [-0.05, 0) is 62.5 Å². The van der Waals surface area contributed by atoms with Gasteiger partial charge in [-0.1, -0.05) is 13.0 Å². The first kappa shape index (κ1) is 20.6. The third kappa shape index (κ3) is 5.93. The van der Waals surface area contributed by atoms with Crippen LogP contribution in [0.1, 0.15) is 18.2 Å². The van der Waals surface area contributed by atoms with E-state index < -0.39 is 0 Å². The molecular formula is C23H27N3O3. The third-order valence-electron chi connectivity index (χ3n) is 4.65. The minimum atomic E-state index is -0.155. The highest BCUT2D eigenvalue weighted by atomic mass is 16.5. The highest BCUT2D eigenvalue weighted by molar-refractivity contribution is 5.38. The average molecular weight is 393 g/mol. The molecule has 0 aliphatic rings. The summed E-state index contributed by atoms with van der Waals surface area (Å²) >= 11 is 0. The van der Waals surface area contributed by atoms with Gasteiger partial charge in [0.05, 0.1) is 5.69 Å². The Bertz CT molecular complexity index is 966. The van der Waals surface area contributed by atoms with Crippen LogP contribution in [-0.2, 0) is 6.61 Å². The van der Waals surface area contributed by atoms with E-state index in [1.54, 1.807) is 23.0 Å². The first-order chi connectivity index (χ1) is 14.0. The van der Waals surface area contributed by atoms with Crippen molar-refractivity contribution in [1.82, 2.24) is 14.5 Å². The molecular weight excluding hydrogens is 366 g/mol. The monoisotopic (exact) mass is 393 g/mol. The molecule has 0 fully saturated rings. The third-order valence-corrected chi connectivity index (χ3v) is 4.65. The highest BCUT2D eigenvalue weighted by Crippen LogP contribution is 2.16. The fourth-order valence-corrected chi connectivity index (χ4v) is 2.69. The van der Waals surface area contributed by atoms with Gasteiger partial charge < -0.3 is 14.4 Å². The van der Waals surface area contributed by atoms with Crippen molar-refractivity contribution in [2.45, 2.75) is 20.5 Å². The number of aryl methyl sites for hydroxylation is 1. The molecule has 152 valence electrons. The van der Waals surface area contributed by atoms with Crippen molar-refractivity contribution in [3.8, 4) is 17.2 Å². The van der Waals surface area contributed by atoms with E-state index in [-0.39, 0.29) is 5.56 Å². The van der Waals surface area contributed by atoms with Crippen molar-refractivity contribution in [2.75, 3.05) is 26.7 Å². The van der Waals surface area contributed by atoms with Gasteiger partial charge in [-0.3, -0.25) is 14.3 Å². The van der Waals surface area contributed by atoms with Crippen molar-refractivity contribution in [2.24, 2.45) is 0 Å². The maximum atomic E-state index is 12.5. The van der Waals surface area contributed by atoms with E-state index in [2.05, 4.69) is 23.9 Å². The van der Waals surface area contributed by atoms with Crippen LogP contribution >= 0.6 is 0 Å². The van der Waals surface area contributed by atoms with E-state index in [9.17, 15) is 4.79 Å². The first-order valence-corrected chi connectivity index (χ1v) is 9.74. The van der Waals surface area contributed by atoms with Crippen molar-refractivity contribution in [1.29, 1.82) is 0 Å². The molecule has 0 radical (unpaired) electrons. The Morgan fingerprint density at radius 1 is 1.03 bits per heavy atom. The first-order valence-electron chi connectivity index (χ1n) is 9.74. The zero-order chi connectivity index (χ0) is 20.6. The number of hydrogen-bond donors (Lipinski definition) is 0. The van der Waals surface area contributed by atoms with Gasteiger partial charge in [-0.25, -0.2) is 0 Å². The molecule has 0 saturated carbocycles. The van der Waals surface area contributed by atoms with Gasteiger partial charge in [-0.15, -0.1) is 0 Å². The average Bonchev–Trinajstić information content (AvgIpc) is 2.74. The van der Waals surface area contributed by atoms with E-state index in [0.29, 0.717) is 19.0 Å². The van der Waals surface area contributed by atoms with E-state index in [1.165, 1.54) is 6.07 Å². The molecule has 29 heavy (non-hydrogen) atoms. The van der Waals surface area contributed by atoms with Crippen molar-refractivity contribution in [3.05, 3.63) is 82.5 Å². The smallest absolute Gasteiger partial charge is 0.258 e. The molecule has 6 heteroatoms. The molecule has 0 aliphatic heterocycles. The fourth-order valence-electron chi connectivity index (χ4n) is 2.69. The maximum absolute atomic E-state index is 12.5. The van der Waals surface area contributed by atoms with Crippen LogP contribution in [0.5, 0.6) is 11.5 Å². The molecule has 1 aromatic carbocycles. The Morgan fingerprint density at radius 3 is 2.48 bits per heavy atom. The molecule has 0 aliphatic carbocycles. The van der Waals surface area contributed by atoms with Crippen LogP contribution in [0.2, 0.25) is 0 Å².